The molecule has 1 unspecified atom stereocenters. The molecule has 0 aliphatic carbocycles. The van der Waals surface area contributed by atoms with Crippen LogP contribution in [0.2, 0.25) is 5.02 Å². The van der Waals surface area contributed by atoms with Crippen LogP contribution in [0, 0.1) is 5.82 Å². The van der Waals surface area contributed by atoms with Crippen molar-refractivity contribution in [2.75, 3.05) is 12.0 Å². The quantitative estimate of drug-likeness (QED) is 0.184. The number of rotatable bonds is 5. The van der Waals surface area contributed by atoms with Gasteiger partial charge in [0.05, 0.1) is 25.1 Å². The molecular formula is C30H21ClF4N2O2. The number of amidine groups is 1. The Labute approximate surface area is 227 Å². The van der Waals surface area contributed by atoms with E-state index in [1.807, 2.05) is 30.3 Å². The first kappa shape index (κ1) is 26.4. The zero-order chi connectivity index (χ0) is 27.7. The van der Waals surface area contributed by atoms with E-state index in [2.05, 4.69) is 4.99 Å². The second-order valence-electron chi connectivity index (χ2n) is 8.91. The van der Waals surface area contributed by atoms with Crippen LogP contribution in [-0.4, -0.2) is 18.9 Å². The minimum absolute atomic E-state index is 0.0172. The normalized spacial score (nSPS) is 15.0. The number of fused-ring (bicyclic) bond motifs is 1. The average Bonchev–Trinajstić information content (AvgIpc) is 2.93. The Hall–Kier alpha value is -4.17. The van der Waals surface area contributed by atoms with Crippen LogP contribution >= 0.6 is 11.6 Å². The Morgan fingerprint density at radius 1 is 0.923 bits per heavy atom. The molecule has 1 aliphatic rings. The molecule has 4 nitrogen and oxygen atoms in total. The van der Waals surface area contributed by atoms with Crippen molar-refractivity contribution in [3.8, 4) is 11.1 Å². The van der Waals surface area contributed by atoms with Gasteiger partial charge in [0.1, 0.15) is 17.3 Å². The fraction of sp³-hybridized carbons (Fsp3) is 0.133. The maximum absolute atomic E-state index is 15.0. The van der Waals surface area contributed by atoms with Crippen molar-refractivity contribution in [1.29, 1.82) is 0 Å². The predicted molar refractivity (Wildman–Crippen MR) is 143 cm³/mol. The van der Waals surface area contributed by atoms with E-state index >= 15 is 4.39 Å². The minimum Gasteiger partial charge on any atom is -0.469 e. The summed E-state index contributed by atoms with van der Waals surface area (Å²) in [6.07, 6.45) is -4.84. The maximum atomic E-state index is 15.0. The molecule has 0 amide bonds. The lowest BCUT2D eigenvalue weighted by molar-refractivity contribution is -0.141. The molecule has 198 valence electrons. The van der Waals surface area contributed by atoms with Crippen molar-refractivity contribution < 1.29 is 27.1 Å². The number of aliphatic imine (C=N–C) groups is 1. The summed E-state index contributed by atoms with van der Waals surface area (Å²) in [5.41, 5.74) is 1.89. The Kier molecular flexibility index (Phi) is 7.14. The number of carbonyl (C=O) groups excluding carboxylic acids is 1. The Morgan fingerprint density at radius 2 is 1.62 bits per heavy atom. The lowest BCUT2D eigenvalue weighted by Crippen LogP contribution is -2.39. The molecule has 0 fully saturated rings. The first-order chi connectivity index (χ1) is 18.7. The highest BCUT2D eigenvalue weighted by atomic mass is 35.5. The fourth-order valence-corrected chi connectivity index (χ4v) is 4.82. The molecule has 0 spiro atoms. The first-order valence-electron chi connectivity index (χ1n) is 11.9. The Bertz CT molecular complexity index is 1570. The van der Waals surface area contributed by atoms with Crippen LogP contribution in [0.4, 0.5) is 28.9 Å². The molecule has 0 N–H and O–H groups in total. The van der Waals surface area contributed by atoms with Gasteiger partial charge in [-0.25, -0.2) is 9.38 Å². The van der Waals surface area contributed by atoms with Gasteiger partial charge in [0, 0.05) is 21.8 Å². The summed E-state index contributed by atoms with van der Waals surface area (Å²) in [4.78, 5) is 18.6. The first-order valence-corrected chi connectivity index (χ1v) is 12.3. The van der Waals surface area contributed by atoms with Gasteiger partial charge in [-0.1, -0.05) is 66.2 Å². The van der Waals surface area contributed by atoms with E-state index < -0.39 is 29.6 Å². The number of esters is 1. The number of para-hydroxylation sites is 1. The molecule has 0 radical (unpaired) electrons. The molecule has 9 heteroatoms. The molecular weight excluding hydrogens is 532 g/mol. The molecule has 39 heavy (non-hydrogen) atoms. The summed E-state index contributed by atoms with van der Waals surface area (Å²) in [7, 11) is 1.22. The SMILES string of the molecule is COC(=O)CC1c2cccc(F)c2N=C(c2ccc(-c3cccc(Cl)c3)cc2)N1c1cccc(C(F)(F)F)c1. The molecule has 0 aromatic heterocycles. The summed E-state index contributed by atoms with van der Waals surface area (Å²) in [6.45, 7) is 0. The van der Waals surface area contributed by atoms with E-state index in [9.17, 15) is 18.0 Å². The Balaban J connectivity index is 1.69. The van der Waals surface area contributed by atoms with Crippen LogP contribution in [0.3, 0.4) is 0 Å². The number of carbonyl (C=O) groups is 1. The van der Waals surface area contributed by atoms with Gasteiger partial charge in [0.15, 0.2) is 0 Å². The molecule has 1 aliphatic heterocycles. The predicted octanol–water partition coefficient (Wildman–Crippen LogP) is 8.37. The van der Waals surface area contributed by atoms with Crippen LogP contribution < -0.4 is 4.90 Å². The third-order valence-corrected chi connectivity index (χ3v) is 6.71. The number of methoxy groups -OCH3 is 1. The largest absolute Gasteiger partial charge is 0.469 e. The molecule has 0 saturated carbocycles. The number of nitrogens with zero attached hydrogens (tertiary/aromatic N) is 2. The van der Waals surface area contributed by atoms with E-state index in [4.69, 9.17) is 16.3 Å². The lowest BCUT2D eigenvalue weighted by Gasteiger charge is -2.38. The van der Waals surface area contributed by atoms with E-state index in [1.165, 1.54) is 36.3 Å². The number of alkyl halides is 3. The summed E-state index contributed by atoms with van der Waals surface area (Å²) in [5, 5.41) is 0.571. The maximum Gasteiger partial charge on any atom is 0.416 e. The second kappa shape index (κ2) is 10.5. The summed E-state index contributed by atoms with van der Waals surface area (Å²) < 4.78 is 60.9. The summed E-state index contributed by atoms with van der Waals surface area (Å²) in [6, 6.07) is 22.6. The summed E-state index contributed by atoms with van der Waals surface area (Å²) in [5.74, 6) is -1.03. The molecule has 1 heterocycles. The van der Waals surface area contributed by atoms with Gasteiger partial charge >= 0.3 is 12.1 Å². The second-order valence-corrected chi connectivity index (χ2v) is 9.35. The van der Waals surface area contributed by atoms with Crippen LogP contribution in [0.1, 0.15) is 29.2 Å². The van der Waals surface area contributed by atoms with Crippen molar-refractivity contribution in [3.05, 3.63) is 119 Å². The highest BCUT2D eigenvalue weighted by molar-refractivity contribution is 6.30. The van der Waals surface area contributed by atoms with E-state index in [0.717, 1.165) is 23.3 Å². The van der Waals surface area contributed by atoms with E-state index in [1.54, 1.807) is 24.3 Å². The van der Waals surface area contributed by atoms with E-state index in [-0.39, 0.29) is 23.6 Å². The highest BCUT2D eigenvalue weighted by Gasteiger charge is 2.37. The number of benzene rings is 4. The lowest BCUT2D eigenvalue weighted by atomic mass is 9.94. The van der Waals surface area contributed by atoms with Crippen molar-refractivity contribution in [3.63, 3.8) is 0 Å². The highest BCUT2D eigenvalue weighted by Crippen LogP contribution is 2.43. The molecule has 0 saturated heterocycles. The molecule has 1 atom stereocenters. The van der Waals surface area contributed by atoms with Gasteiger partial charge in [-0.3, -0.25) is 4.79 Å². The summed E-state index contributed by atoms with van der Waals surface area (Å²) >= 11 is 6.13. The van der Waals surface area contributed by atoms with Gasteiger partial charge < -0.3 is 9.64 Å². The third kappa shape index (κ3) is 5.38. The monoisotopic (exact) mass is 552 g/mol. The zero-order valence-corrected chi connectivity index (χ0v) is 21.3. The number of hydrogen-bond acceptors (Lipinski definition) is 4. The number of anilines is 1. The van der Waals surface area contributed by atoms with Crippen molar-refractivity contribution >= 4 is 34.8 Å². The average molecular weight is 553 g/mol. The minimum atomic E-state index is -4.59. The third-order valence-electron chi connectivity index (χ3n) is 6.47. The number of ether oxygens (including phenoxy) is 1. The standard InChI is InChI=1S/C30H21ClF4N2O2/c1-39-27(38)17-26-24-9-4-10-25(32)28(24)36-29(37(26)23-8-3-6-21(16-23)30(33,34)35)19-13-11-18(12-14-19)20-5-2-7-22(31)15-20/h2-16,26H,17H2,1H3. The molecule has 0 bridgehead atoms. The zero-order valence-electron chi connectivity index (χ0n) is 20.5. The van der Waals surface area contributed by atoms with Crippen molar-refractivity contribution in [1.82, 2.24) is 0 Å². The Morgan fingerprint density at radius 3 is 2.31 bits per heavy atom. The van der Waals surface area contributed by atoms with Gasteiger partial charge in [0.2, 0.25) is 0 Å². The smallest absolute Gasteiger partial charge is 0.416 e. The van der Waals surface area contributed by atoms with E-state index in [0.29, 0.717) is 16.1 Å². The van der Waals surface area contributed by atoms with Gasteiger partial charge in [-0.15, -0.1) is 0 Å². The molecule has 5 rings (SSSR count). The molecule has 4 aromatic rings. The van der Waals surface area contributed by atoms with Gasteiger partial charge in [-0.2, -0.15) is 13.2 Å². The van der Waals surface area contributed by atoms with Crippen molar-refractivity contribution in [2.45, 2.75) is 18.6 Å². The van der Waals surface area contributed by atoms with Crippen LogP contribution in [0.5, 0.6) is 0 Å². The number of halogens is 5. The van der Waals surface area contributed by atoms with Crippen LogP contribution in [0.25, 0.3) is 11.1 Å². The van der Waals surface area contributed by atoms with Crippen LogP contribution in [0.15, 0.2) is 96.0 Å². The van der Waals surface area contributed by atoms with Crippen molar-refractivity contribution in [2.24, 2.45) is 4.99 Å². The van der Waals surface area contributed by atoms with Gasteiger partial charge in [-0.05, 0) is 47.5 Å². The molecule has 4 aromatic carbocycles. The fourth-order valence-electron chi connectivity index (χ4n) is 4.63. The number of hydrogen-bond donors (Lipinski definition) is 0. The van der Waals surface area contributed by atoms with Gasteiger partial charge in [0.25, 0.3) is 0 Å². The topological polar surface area (TPSA) is 41.9 Å². The van der Waals surface area contributed by atoms with Crippen LogP contribution in [-0.2, 0) is 15.7 Å².